The molecular formula is C39H58O12. The molecule has 3 N–H and O–H groups in total. The first-order chi connectivity index (χ1) is 23.8. The van der Waals surface area contributed by atoms with Crippen LogP contribution in [-0.4, -0.2) is 101 Å². The molecule has 12 nitrogen and oxygen atoms in total. The summed E-state index contributed by atoms with van der Waals surface area (Å²) in [4.78, 5) is 24.9. The van der Waals surface area contributed by atoms with E-state index in [4.69, 9.17) is 33.2 Å². The van der Waals surface area contributed by atoms with E-state index in [0.717, 1.165) is 44.9 Å². The van der Waals surface area contributed by atoms with Crippen molar-refractivity contribution >= 4 is 11.9 Å². The zero-order valence-corrected chi connectivity index (χ0v) is 31.4. The summed E-state index contributed by atoms with van der Waals surface area (Å²) < 4.78 is 43.7. The fourth-order valence-corrected chi connectivity index (χ4v) is 14.9. The second-order valence-corrected chi connectivity index (χ2v) is 19.5. The van der Waals surface area contributed by atoms with Crippen LogP contribution >= 0.6 is 0 Å². The molecule has 0 aromatic carbocycles. The number of aliphatic hydroxyl groups is 3. The normalized spacial score (nSPS) is 60.1. The van der Waals surface area contributed by atoms with Crippen LogP contribution in [0, 0.1) is 50.7 Å². The van der Waals surface area contributed by atoms with Gasteiger partial charge in [0.25, 0.3) is 0 Å². The van der Waals surface area contributed by atoms with E-state index in [0.29, 0.717) is 18.3 Å². The summed E-state index contributed by atoms with van der Waals surface area (Å²) in [5.74, 6) is -0.646. The number of aliphatic hydroxyl groups excluding tert-OH is 3. The number of hydrogen-bond donors (Lipinski definition) is 3. The number of epoxide rings is 1. The van der Waals surface area contributed by atoms with E-state index in [9.17, 15) is 24.9 Å². The fraction of sp³-hybridized carbons (Fsp3) is 0.949. The first kappa shape index (κ1) is 35.3. The van der Waals surface area contributed by atoms with Gasteiger partial charge in [-0.15, -0.1) is 0 Å². The van der Waals surface area contributed by atoms with E-state index in [2.05, 4.69) is 34.6 Å². The highest BCUT2D eigenvalue weighted by atomic mass is 16.8. The van der Waals surface area contributed by atoms with Gasteiger partial charge in [-0.3, -0.25) is 9.59 Å². The van der Waals surface area contributed by atoms with Crippen LogP contribution in [0.5, 0.6) is 0 Å². The van der Waals surface area contributed by atoms with Crippen molar-refractivity contribution in [3.63, 3.8) is 0 Å². The summed E-state index contributed by atoms with van der Waals surface area (Å²) >= 11 is 0. The van der Waals surface area contributed by atoms with Crippen LogP contribution in [0.2, 0.25) is 0 Å². The molecule has 12 heteroatoms. The van der Waals surface area contributed by atoms with Gasteiger partial charge in [-0.2, -0.15) is 0 Å². The molecule has 4 heterocycles. The minimum atomic E-state index is -1.30. The van der Waals surface area contributed by atoms with Gasteiger partial charge in [-0.25, -0.2) is 0 Å². The number of hydrogen-bond acceptors (Lipinski definition) is 12. The third-order valence-corrected chi connectivity index (χ3v) is 17.0. The summed E-state index contributed by atoms with van der Waals surface area (Å²) in [5, 5.41) is 31.8. The van der Waals surface area contributed by atoms with Crippen molar-refractivity contribution in [1.29, 1.82) is 0 Å². The van der Waals surface area contributed by atoms with E-state index in [-0.39, 0.29) is 75.9 Å². The van der Waals surface area contributed by atoms with Gasteiger partial charge in [0, 0.05) is 25.7 Å². The van der Waals surface area contributed by atoms with Crippen molar-refractivity contribution in [2.24, 2.45) is 50.7 Å². The number of fused-ring (bicyclic) bond motifs is 6. The molecule has 19 atom stereocenters. The summed E-state index contributed by atoms with van der Waals surface area (Å²) in [6, 6.07) is 0. The Bertz CT molecular complexity index is 1500. The molecule has 4 saturated heterocycles. The molecule has 0 aromatic heterocycles. The molecule has 5 aliphatic carbocycles. The molecule has 9 rings (SSSR count). The first-order valence-corrected chi connectivity index (χ1v) is 19.5. The lowest BCUT2D eigenvalue weighted by atomic mass is 9.41. The monoisotopic (exact) mass is 718 g/mol. The van der Waals surface area contributed by atoms with E-state index in [1.165, 1.54) is 13.8 Å². The van der Waals surface area contributed by atoms with E-state index < -0.39 is 48.2 Å². The predicted molar refractivity (Wildman–Crippen MR) is 177 cm³/mol. The summed E-state index contributed by atoms with van der Waals surface area (Å²) in [7, 11) is 0. The van der Waals surface area contributed by atoms with Crippen LogP contribution in [-0.2, 0) is 42.7 Å². The van der Waals surface area contributed by atoms with Gasteiger partial charge in [0.1, 0.15) is 30.0 Å². The maximum Gasteiger partial charge on any atom is 0.303 e. The number of esters is 2. The Morgan fingerprint density at radius 2 is 1.51 bits per heavy atom. The number of carbonyl (C=O) groups is 2. The van der Waals surface area contributed by atoms with Gasteiger partial charge >= 0.3 is 11.9 Å². The maximum absolute atomic E-state index is 12.9. The second-order valence-electron chi connectivity index (χ2n) is 19.5. The van der Waals surface area contributed by atoms with E-state index in [1.807, 2.05) is 6.92 Å². The predicted octanol–water partition coefficient (Wildman–Crippen LogP) is 3.60. The molecule has 1 unspecified atom stereocenters. The van der Waals surface area contributed by atoms with Crippen LogP contribution in [0.4, 0.5) is 0 Å². The highest BCUT2D eigenvalue weighted by Gasteiger charge is 2.87. The smallest absolute Gasteiger partial charge is 0.303 e. The van der Waals surface area contributed by atoms with Crippen LogP contribution in [0.15, 0.2) is 0 Å². The zero-order valence-electron chi connectivity index (χ0n) is 31.4. The van der Waals surface area contributed by atoms with Crippen molar-refractivity contribution in [2.45, 2.75) is 173 Å². The van der Waals surface area contributed by atoms with Gasteiger partial charge in [0.15, 0.2) is 18.7 Å². The largest absolute Gasteiger partial charge is 0.462 e. The van der Waals surface area contributed by atoms with Crippen LogP contribution < -0.4 is 0 Å². The molecule has 286 valence electrons. The van der Waals surface area contributed by atoms with Crippen molar-refractivity contribution in [3.8, 4) is 0 Å². The summed E-state index contributed by atoms with van der Waals surface area (Å²) in [6.45, 7) is 16.3. The van der Waals surface area contributed by atoms with Gasteiger partial charge < -0.3 is 48.5 Å². The molecule has 3 spiro atoms. The maximum atomic E-state index is 12.9. The minimum absolute atomic E-state index is 0.0150. The lowest BCUT2D eigenvalue weighted by molar-refractivity contribution is -0.346. The Labute approximate surface area is 300 Å². The highest BCUT2D eigenvalue weighted by Crippen LogP contribution is 2.89. The molecule has 4 aliphatic heterocycles. The summed E-state index contributed by atoms with van der Waals surface area (Å²) in [6.07, 6.45) is 0.793. The molecule has 5 saturated carbocycles. The highest BCUT2D eigenvalue weighted by molar-refractivity contribution is 5.66. The number of ether oxygens (including phenoxy) is 7. The Kier molecular flexibility index (Phi) is 7.40. The van der Waals surface area contributed by atoms with Crippen molar-refractivity contribution in [2.75, 3.05) is 6.61 Å². The zero-order chi connectivity index (χ0) is 36.5. The first-order valence-electron chi connectivity index (χ1n) is 19.5. The molecule has 0 radical (unpaired) electrons. The average molecular weight is 719 g/mol. The standard InChI is InChI=1S/C39H58O12/c1-18-13-39(31-36(8,50-31)32(44)51-39)49-22-14-34(6)24-10-9-23-33(4,5)25(48-30-29(47-20(3)41)28(43)21(42)16-45-30)11-12-37(23)17-38(24,37)15-26(46-19(2)40)35(34,7)27(18)22/h18,21-32,42-44H,9-17H2,1-8H3/t18-,21-,22+,23?,24+,25+,26-,27+,28+,29-,30+,31-,32+,34+,35-,36+,37-,38+,39-/m1/s1. The van der Waals surface area contributed by atoms with Gasteiger partial charge in [0.2, 0.25) is 5.79 Å². The minimum Gasteiger partial charge on any atom is -0.462 e. The molecule has 9 aliphatic rings. The van der Waals surface area contributed by atoms with Gasteiger partial charge in [-0.1, -0.05) is 34.6 Å². The fourth-order valence-electron chi connectivity index (χ4n) is 14.9. The van der Waals surface area contributed by atoms with E-state index in [1.54, 1.807) is 0 Å². The quantitative estimate of drug-likeness (QED) is 0.220. The molecule has 51 heavy (non-hydrogen) atoms. The Morgan fingerprint density at radius 1 is 0.804 bits per heavy atom. The van der Waals surface area contributed by atoms with Gasteiger partial charge in [0.05, 0.1) is 18.8 Å². The van der Waals surface area contributed by atoms with Crippen molar-refractivity contribution < 1.29 is 58.1 Å². The van der Waals surface area contributed by atoms with Crippen molar-refractivity contribution in [1.82, 2.24) is 0 Å². The lowest BCUT2D eigenvalue weighted by Crippen LogP contribution is -2.64. The molecule has 0 amide bonds. The van der Waals surface area contributed by atoms with Gasteiger partial charge in [-0.05, 0) is 97.2 Å². The van der Waals surface area contributed by atoms with Crippen molar-refractivity contribution in [3.05, 3.63) is 0 Å². The summed E-state index contributed by atoms with van der Waals surface area (Å²) in [5.41, 5.74) is -1.38. The van der Waals surface area contributed by atoms with E-state index >= 15 is 0 Å². The Hall–Kier alpha value is -1.38. The SMILES string of the molecule is CC(=O)O[C@H]1[C@H](O[C@H]2CC[C@]34C[C@]35C[C@@H](OC(C)=O)[C@]3(C)[C@H]6[C@H](C)C[C@@]7(O[C@H]6C[C@@]3(C)[C@@H]5CCC4C2(C)C)O[C@H](O)[C@@]2(C)O[C@@H]72)OC[C@@H](O)[C@@H]1O. The third-order valence-electron chi connectivity index (χ3n) is 17.0. The lowest BCUT2D eigenvalue weighted by Gasteiger charge is -2.65. The Morgan fingerprint density at radius 3 is 2.16 bits per heavy atom. The molecular weight excluding hydrogens is 660 g/mol. The van der Waals surface area contributed by atoms with Crippen LogP contribution in [0.3, 0.4) is 0 Å². The second kappa shape index (κ2) is 10.7. The van der Waals surface area contributed by atoms with Crippen LogP contribution in [0.1, 0.15) is 107 Å². The third kappa shape index (κ3) is 4.31. The topological polar surface area (TPSA) is 163 Å². The molecule has 9 fully saturated rings. The Balaban J connectivity index is 1.02. The average Bonchev–Trinajstić information content (AvgIpc) is 3.87. The molecule has 0 aromatic rings. The number of rotatable bonds is 4. The number of carbonyl (C=O) groups excluding carboxylic acids is 2. The van der Waals surface area contributed by atoms with Crippen LogP contribution in [0.25, 0.3) is 0 Å². The molecule has 0 bridgehead atoms.